The van der Waals surface area contributed by atoms with E-state index in [9.17, 15) is 10.1 Å². The smallest absolute Gasteiger partial charge is 0.269 e. The lowest BCUT2D eigenvalue weighted by Crippen LogP contribution is -2.01. The number of benzene rings is 2. The van der Waals surface area contributed by atoms with Gasteiger partial charge in [0.2, 0.25) is 0 Å². The summed E-state index contributed by atoms with van der Waals surface area (Å²) in [5.74, 6) is 0. The molecule has 0 spiro atoms. The first-order chi connectivity index (χ1) is 8.66. The van der Waals surface area contributed by atoms with Crippen LogP contribution in [0.5, 0.6) is 0 Å². The maximum Gasteiger partial charge on any atom is 0.269 e. The van der Waals surface area contributed by atoms with Crippen molar-refractivity contribution in [2.45, 2.75) is 13.5 Å². The van der Waals surface area contributed by atoms with Crippen LogP contribution >= 0.6 is 0 Å². The Morgan fingerprint density at radius 1 is 1.11 bits per heavy atom. The molecule has 0 atom stereocenters. The highest BCUT2D eigenvalue weighted by Gasteiger charge is 2.03. The topological polar surface area (TPSA) is 55.2 Å². The number of nitrogens with zero attached hydrogens (tertiary/aromatic N) is 1. The van der Waals surface area contributed by atoms with Gasteiger partial charge in [-0.2, -0.15) is 0 Å². The number of nitro groups is 1. The van der Waals surface area contributed by atoms with Gasteiger partial charge in [-0.1, -0.05) is 24.3 Å². The molecule has 0 aliphatic heterocycles. The Morgan fingerprint density at radius 3 is 2.39 bits per heavy atom. The fourth-order valence-corrected chi connectivity index (χ4v) is 1.71. The van der Waals surface area contributed by atoms with E-state index < -0.39 is 4.92 Å². The van der Waals surface area contributed by atoms with Crippen LogP contribution in [0.1, 0.15) is 11.1 Å². The summed E-state index contributed by atoms with van der Waals surface area (Å²) in [4.78, 5) is 10.1. The second-order valence-corrected chi connectivity index (χ2v) is 4.08. The molecule has 0 saturated heterocycles. The van der Waals surface area contributed by atoms with E-state index in [1.54, 1.807) is 12.1 Å². The highest BCUT2D eigenvalue weighted by molar-refractivity contribution is 5.49. The molecule has 0 fully saturated rings. The van der Waals surface area contributed by atoms with Crippen LogP contribution in [0.15, 0.2) is 48.5 Å². The molecule has 0 unspecified atom stereocenters. The zero-order valence-electron chi connectivity index (χ0n) is 10.1. The first-order valence-electron chi connectivity index (χ1n) is 5.69. The Hall–Kier alpha value is -2.36. The summed E-state index contributed by atoms with van der Waals surface area (Å²) in [6.45, 7) is 2.78. The van der Waals surface area contributed by atoms with Crippen molar-refractivity contribution in [1.29, 1.82) is 0 Å². The van der Waals surface area contributed by atoms with Crippen molar-refractivity contribution < 1.29 is 4.92 Å². The number of nitro benzene ring substituents is 1. The molecule has 92 valence electrons. The van der Waals surface area contributed by atoms with E-state index in [1.807, 2.05) is 12.1 Å². The third-order valence-corrected chi connectivity index (χ3v) is 2.82. The van der Waals surface area contributed by atoms with E-state index in [2.05, 4.69) is 24.4 Å². The molecule has 2 aromatic carbocycles. The van der Waals surface area contributed by atoms with Gasteiger partial charge in [0.05, 0.1) is 4.92 Å². The standard InChI is InChI=1S/C14H14N2O2/c1-11-4-2-3-5-12(11)10-15-13-6-8-14(9-7-13)16(17)18/h2-9,15H,10H2,1H3. The minimum atomic E-state index is -0.398. The summed E-state index contributed by atoms with van der Waals surface area (Å²) in [5.41, 5.74) is 3.43. The predicted molar refractivity (Wildman–Crippen MR) is 71.6 cm³/mol. The predicted octanol–water partition coefficient (Wildman–Crippen LogP) is 3.52. The number of hydrogen-bond donors (Lipinski definition) is 1. The molecule has 0 saturated carbocycles. The molecule has 0 heterocycles. The van der Waals surface area contributed by atoms with Crippen LogP contribution in [-0.4, -0.2) is 4.92 Å². The molecule has 18 heavy (non-hydrogen) atoms. The highest BCUT2D eigenvalue weighted by Crippen LogP contribution is 2.16. The minimum Gasteiger partial charge on any atom is -0.381 e. The summed E-state index contributed by atoms with van der Waals surface area (Å²) < 4.78 is 0. The van der Waals surface area contributed by atoms with E-state index in [4.69, 9.17) is 0 Å². The number of hydrogen-bond acceptors (Lipinski definition) is 3. The zero-order valence-corrected chi connectivity index (χ0v) is 10.1. The number of aryl methyl sites for hydroxylation is 1. The Morgan fingerprint density at radius 2 is 1.78 bits per heavy atom. The van der Waals surface area contributed by atoms with E-state index >= 15 is 0 Å². The van der Waals surface area contributed by atoms with Gasteiger partial charge in [0, 0.05) is 24.4 Å². The number of rotatable bonds is 4. The molecule has 2 aromatic rings. The van der Waals surface area contributed by atoms with Crippen molar-refractivity contribution in [3.05, 3.63) is 69.8 Å². The van der Waals surface area contributed by atoms with Gasteiger partial charge in [0.25, 0.3) is 5.69 Å². The van der Waals surface area contributed by atoms with Crippen molar-refractivity contribution in [3.8, 4) is 0 Å². The van der Waals surface area contributed by atoms with Gasteiger partial charge in [-0.05, 0) is 30.2 Å². The maximum atomic E-state index is 10.5. The lowest BCUT2D eigenvalue weighted by atomic mass is 10.1. The Balaban J connectivity index is 2.02. The first-order valence-corrected chi connectivity index (χ1v) is 5.69. The average Bonchev–Trinajstić information content (AvgIpc) is 2.38. The van der Waals surface area contributed by atoms with Crippen molar-refractivity contribution >= 4 is 11.4 Å². The summed E-state index contributed by atoms with van der Waals surface area (Å²) in [7, 11) is 0. The quantitative estimate of drug-likeness (QED) is 0.659. The Bertz CT molecular complexity index is 550. The molecule has 4 nitrogen and oxygen atoms in total. The molecule has 1 N–H and O–H groups in total. The van der Waals surface area contributed by atoms with Gasteiger partial charge in [-0.25, -0.2) is 0 Å². The molecule has 0 bridgehead atoms. The van der Waals surface area contributed by atoms with Gasteiger partial charge >= 0.3 is 0 Å². The SMILES string of the molecule is Cc1ccccc1CNc1ccc([N+](=O)[O-])cc1. The van der Waals surface area contributed by atoms with Crippen LogP contribution in [0.3, 0.4) is 0 Å². The van der Waals surface area contributed by atoms with Gasteiger partial charge in [0.15, 0.2) is 0 Å². The highest BCUT2D eigenvalue weighted by atomic mass is 16.6. The Labute approximate surface area is 105 Å². The fraction of sp³-hybridized carbons (Fsp3) is 0.143. The van der Waals surface area contributed by atoms with Crippen LogP contribution in [0.25, 0.3) is 0 Å². The van der Waals surface area contributed by atoms with E-state index in [0.29, 0.717) is 6.54 Å². The second kappa shape index (κ2) is 5.31. The molecular weight excluding hydrogens is 228 g/mol. The van der Waals surface area contributed by atoms with Crippen molar-refractivity contribution in [1.82, 2.24) is 0 Å². The van der Waals surface area contributed by atoms with E-state index in [1.165, 1.54) is 23.3 Å². The normalized spacial score (nSPS) is 10.1. The van der Waals surface area contributed by atoms with Crippen molar-refractivity contribution in [2.75, 3.05) is 5.32 Å². The first kappa shape index (κ1) is 12.1. The summed E-state index contributed by atoms with van der Waals surface area (Å²) in [6.07, 6.45) is 0. The van der Waals surface area contributed by atoms with E-state index in [0.717, 1.165) is 5.69 Å². The number of non-ortho nitro benzene ring substituents is 1. The molecule has 2 rings (SSSR count). The molecule has 0 amide bonds. The van der Waals surface area contributed by atoms with Crippen LogP contribution in [0.4, 0.5) is 11.4 Å². The molecule has 0 aromatic heterocycles. The fourth-order valence-electron chi connectivity index (χ4n) is 1.71. The van der Waals surface area contributed by atoms with Gasteiger partial charge < -0.3 is 5.32 Å². The number of anilines is 1. The molecule has 0 aliphatic rings. The Kier molecular flexibility index (Phi) is 3.57. The summed E-state index contributed by atoms with van der Waals surface area (Å²) in [6, 6.07) is 14.6. The lowest BCUT2D eigenvalue weighted by molar-refractivity contribution is -0.384. The van der Waals surface area contributed by atoms with Crippen molar-refractivity contribution in [2.24, 2.45) is 0 Å². The van der Waals surface area contributed by atoms with Gasteiger partial charge in [-0.3, -0.25) is 10.1 Å². The van der Waals surface area contributed by atoms with Gasteiger partial charge in [-0.15, -0.1) is 0 Å². The molecular formula is C14H14N2O2. The van der Waals surface area contributed by atoms with Crippen molar-refractivity contribution in [3.63, 3.8) is 0 Å². The van der Waals surface area contributed by atoms with Crippen LogP contribution in [0, 0.1) is 17.0 Å². The van der Waals surface area contributed by atoms with Crippen LogP contribution in [0.2, 0.25) is 0 Å². The van der Waals surface area contributed by atoms with E-state index in [-0.39, 0.29) is 5.69 Å². The zero-order chi connectivity index (χ0) is 13.0. The summed E-state index contributed by atoms with van der Waals surface area (Å²) in [5, 5.41) is 13.8. The third kappa shape index (κ3) is 2.85. The van der Waals surface area contributed by atoms with Crippen LogP contribution in [-0.2, 0) is 6.54 Å². The largest absolute Gasteiger partial charge is 0.381 e. The monoisotopic (exact) mass is 242 g/mol. The van der Waals surface area contributed by atoms with Crippen LogP contribution < -0.4 is 5.32 Å². The average molecular weight is 242 g/mol. The summed E-state index contributed by atoms with van der Waals surface area (Å²) >= 11 is 0. The van der Waals surface area contributed by atoms with Gasteiger partial charge in [0.1, 0.15) is 0 Å². The molecule has 0 radical (unpaired) electrons. The number of nitrogens with one attached hydrogen (secondary N) is 1. The second-order valence-electron chi connectivity index (χ2n) is 4.08. The maximum absolute atomic E-state index is 10.5. The lowest BCUT2D eigenvalue weighted by Gasteiger charge is -2.08. The minimum absolute atomic E-state index is 0.108. The molecule has 4 heteroatoms. The third-order valence-electron chi connectivity index (χ3n) is 2.82. The molecule has 0 aliphatic carbocycles.